The SMILES string of the molecule is C=CC(=O)OCc1ccc(N(c2ccc(/C=C(/c3ccccc3)c3cccc(C)c3)cc2)c2ccc(/C=C(\c3ccccc3)c3ccc(C)cc3)cc2)cc1. The molecule has 7 rings (SSSR count). The minimum atomic E-state index is -0.440. The van der Waals surface area contributed by atoms with Crippen molar-refractivity contribution in [2.45, 2.75) is 20.5 Å². The molecule has 55 heavy (non-hydrogen) atoms. The average Bonchev–Trinajstić information content (AvgIpc) is 3.23. The monoisotopic (exact) mass is 713 g/mol. The number of nitrogens with zero attached hydrogens (tertiary/aromatic N) is 1. The van der Waals surface area contributed by atoms with Gasteiger partial charge in [0.15, 0.2) is 0 Å². The molecule has 0 aliphatic heterocycles. The summed E-state index contributed by atoms with van der Waals surface area (Å²) in [5.41, 5.74) is 15.6. The zero-order valence-electron chi connectivity index (χ0n) is 31.2. The van der Waals surface area contributed by atoms with E-state index in [1.54, 1.807) is 0 Å². The first kappa shape index (κ1) is 36.4. The van der Waals surface area contributed by atoms with E-state index in [9.17, 15) is 4.79 Å². The third-order valence-corrected chi connectivity index (χ3v) is 9.53. The van der Waals surface area contributed by atoms with Gasteiger partial charge in [-0.2, -0.15) is 0 Å². The standard InChI is InChI=1S/C52H43NO2/c1-4-52(54)55-37-42-24-32-49(33-25-42)53(47-28-20-40(21-29-47)35-50(43-13-7-5-8-14-43)45-26-18-38(2)19-27-45)48-30-22-41(23-31-48)36-51(44-15-9-6-10-16-44)46-17-11-12-39(3)34-46/h4-36H,1,37H2,2-3H3/b50-35+,51-36-. The second-order valence-electron chi connectivity index (χ2n) is 13.6. The molecule has 0 radical (unpaired) electrons. The molecular formula is C52H43NO2. The summed E-state index contributed by atoms with van der Waals surface area (Å²) in [6, 6.07) is 63.9. The Balaban J connectivity index is 1.25. The zero-order valence-corrected chi connectivity index (χ0v) is 31.2. The Morgan fingerprint density at radius 3 is 1.45 bits per heavy atom. The Bertz CT molecular complexity index is 2420. The van der Waals surface area contributed by atoms with Gasteiger partial charge in [0.1, 0.15) is 6.61 Å². The van der Waals surface area contributed by atoms with Crippen molar-refractivity contribution >= 4 is 46.3 Å². The maximum atomic E-state index is 11.7. The summed E-state index contributed by atoms with van der Waals surface area (Å²) in [7, 11) is 0. The number of benzene rings is 7. The molecule has 3 heteroatoms. The molecule has 0 saturated carbocycles. The lowest BCUT2D eigenvalue weighted by Crippen LogP contribution is -2.10. The molecule has 7 aromatic carbocycles. The van der Waals surface area contributed by atoms with Gasteiger partial charge in [0.2, 0.25) is 0 Å². The van der Waals surface area contributed by atoms with E-state index in [2.05, 4.69) is 207 Å². The fourth-order valence-corrected chi connectivity index (χ4v) is 6.62. The number of carbonyl (C=O) groups excluding carboxylic acids is 1. The van der Waals surface area contributed by atoms with Gasteiger partial charge >= 0.3 is 5.97 Å². The molecule has 0 amide bonds. The van der Waals surface area contributed by atoms with Crippen LogP contribution in [0.25, 0.3) is 23.3 Å². The molecular weight excluding hydrogens is 671 g/mol. The van der Waals surface area contributed by atoms with Crippen LogP contribution in [0.2, 0.25) is 0 Å². The highest BCUT2D eigenvalue weighted by molar-refractivity contribution is 5.93. The topological polar surface area (TPSA) is 29.5 Å². The van der Waals surface area contributed by atoms with Crippen molar-refractivity contribution in [2.75, 3.05) is 4.90 Å². The molecule has 0 bridgehead atoms. The number of ether oxygens (including phenoxy) is 1. The molecule has 0 aromatic heterocycles. The van der Waals surface area contributed by atoms with Gasteiger partial charge in [-0.15, -0.1) is 0 Å². The molecule has 0 unspecified atom stereocenters. The van der Waals surface area contributed by atoms with E-state index in [1.807, 2.05) is 12.1 Å². The van der Waals surface area contributed by atoms with Gasteiger partial charge < -0.3 is 9.64 Å². The Labute approximate surface area is 324 Å². The maximum absolute atomic E-state index is 11.7. The summed E-state index contributed by atoms with van der Waals surface area (Å²) >= 11 is 0. The van der Waals surface area contributed by atoms with Gasteiger partial charge in [0.05, 0.1) is 0 Å². The summed E-state index contributed by atoms with van der Waals surface area (Å²) in [6.07, 6.45) is 5.70. The Morgan fingerprint density at radius 1 is 0.509 bits per heavy atom. The van der Waals surface area contributed by atoms with Crippen LogP contribution < -0.4 is 4.90 Å². The fraction of sp³-hybridized carbons (Fsp3) is 0.0577. The van der Waals surface area contributed by atoms with E-state index >= 15 is 0 Å². The van der Waals surface area contributed by atoms with Crippen LogP contribution in [0.1, 0.15) is 50.1 Å². The van der Waals surface area contributed by atoms with E-state index < -0.39 is 5.97 Å². The van der Waals surface area contributed by atoms with Crippen LogP contribution in [0.3, 0.4) is 0 Å². The molecule has 0 heterocycles. The average molecular weight is 714 g/mol. The molecule has 0 atom stereocenters. The molecule has 0 N–H and O–H groups in total. The van der Waals surface area contributed by atoms with Gasteiger partial charge in [0, 0.05) is 23.1 Å². The normalized spacial score (nSPS) is 11.5. The van der Waals surface area contributed by atoms with Crippen molar-refractivity contribution in [3.8, 4) is 0 Å². The first-order valence-electron chi connectivity index (χ1n) is 18.5. The molecule has 3 nitrogen and oxygen atoms in total. The van der Waals surface area contributed by atoms with Gasteiger partial charge in [-0.1, -0.05) is 163 Å². The quantitative estimate of drug-likeness (QED) is 0.0717. The molecule has 0 saturated heterocycles. The lowest BCUT2D eigenvalue weighted by atomic mass is 9.94. The Morgan fingerprint density at radius 2 is 0.964 bits per heavy atom. The summed E-state index contributed by atoms with van der Waals surface area (Å²) in [5, 5.41) is 0. The number of carbonyl (C=O) groups is 1. The van der Waals surface area contributed by atoms with Crippen LogP contribution in [-0.2, 0) is 16.1 Å². The highest BCUT2D eigenvalue weighted by atomic mass is 16.5. The summed E-state index contributed by atoms with van der Waals surface area (Å²) < 4.78 is 5.29. The Kier molecular flexibility index (Phi) is 11.4. The minimum Gasteiger partial charge on any atom is -0.458 e. The van der Waals surface area contributed by atoms with Gasteiger partial charge in [0.25, 0.3) is 0 Å². The van der Waals surface area contributed by atoms with Crippen molar-refractivity contribution in [1.29, 1.82) is 0 Å². The first-order chi connectivity index (χ1) is 26.9. The van der Waals surface area contributed by atoms with E-state index in [-0.39, 0.29) is 6.61 Å². The predicted octanol–water partition coefficient (Wildman–Crippen LogP) is 13.2. The van der Waals surface area contributed by atoms with Crippen molar-refractivity contribution < 1.29 is 9.53 Å². The third-order valence-electron chi connectivity index (χ3n) is 9.53. The van der Waals surface area contributed by atoms with E-state index in [0.29, 0.717) is 0 Å². The van der Waals surface area contributed by atoms with E-state index in [4.69, 9.17) is 4.74 Å². The molecule has 0 spiro atoms. The first-order valence-corrected chi connectivity index (χ1v) is 18.5. The summed E-state index contributed by atoms with van der Waals surface area (Å²) in [5.74, 6) is -0.440. The van der Waals surface area contributed by atoms with Crippen LogP contribution >= 0.6 is 0 Å². The number of hydrogen-bond acceptors (Lipinski definition) is 3. The largest absolute Gasteiger partial charge is 0.458 e. The van der Waals surface area contributed by atoms with Crippen LogP contribution in [0.4, 0.5) is 17.1 Å². The zero-order chi connectivity index (χ0) is 38.0. The highest BCUT2D eigenvalue weighted by Gasteiger charge is 2.14. The smallest absolute Gasteiger partial charge is 0.330 e. The molecule has 7 aromatic rings. The van der Waals surface area contributed by atoms with Gasteiger partial charge in [-0.25, -0.2) is 4.79 Å². The molecule has 0 fully saturated rings. The second-order valence-corrected chi connectivity index (χ2v) is 13.6. The fourth-order valence-electron chi connectivity index (χ4n) is 6.62. The molecule has 0 aliphatic carbocycles. The summed E-state index contributed by atoms with van der Waals surface area (Å²) in [6.45, 7) is 7.93. The van der Waals surface area contributed by atoms with Gasteiger partial charge in [-0.05, 0) is 112 Å². The van der Waals surface area contributed by atoms with Gasteiger partial charge in [-0.3, -0.25) is 0 Å². The molecule has 268 valence electrons. The third kappa shape index (κ3) is 9.16. The lowest BCUT2D eigenvalue weighted by molar-refractivity contribution is -0.138. The van der Waals surface area contributed by atoms with Crippen LogP contribution in [0, 0.1) is 13.8 Å². The molecule has 0 aliphatic rings. The lowest BCUT2D eigenvalue weighted by Gasteiger charge is -2.26. The van der Waals surface area contributed by atoms with E-state index in [1.165, 1.54) is 50.6 Å². The second kappa shape index (κ2) is 17.2. The Hall–Kier alpha value is -6.97. The van der Waals surface area contributed by atoms with Crippen LogP contribution in [0.5, 0.6) is 0 Å². The van der Waals surface area contributed by atoms with Crippen molar-refractivity contribution in [3.63, 3.8) is 0 Å². The minimum absolute atomic E-state index is 0.183. The van der Waals surface area contributed by atoms with Crippen LogP contribution in [-0.4, -0.2) is 5.97 Å². The highest BCUT2D eigenvalue weighted by Crippen LogP contribution is 2.36. The van der Waals surface area contributed by atoms with Crippen molar-refractivity contribution in [1.82, 2.24) is 0 Å². The number of esters is 1. The summed E-state index contributed by atoms with van der Waals surface area (Å²) in [4.78, 5) is 14.0. The van der Waals surface area contributed by atoms with Crippen molar-refractivity contribution in [3.05, 3.63) is 245 Å². The van der Waals surface area contributed by atoms with E-state index in [0.717, 1.165) is 33.8 Å². The number of anilines is 3. The maximum Gasteiger partial charge on any atom is 0.330 e. The number of rotatable bonds is 12. The van der Waals surface area contributed by atoms with Crippen LogP contribution in [0.15, 0.2) is 195 Å². The number of aryl methyl sites for hydroxylation is 2. The predicted molar refractivity (Wildman–Crippen MR) is 230 cm³/mol. The van der Waals surface area contributed by atoms with Crippen molar-refractivity contribution in [2.24, 2.45) is 0 Å². The number of hydrogen-bond donors (Lipinski definition) is 0.